The number of carbonyl (C=O) groups is 2. The summed E-state index contributed by atoms with van der Waals surface area (Å²) in [4.78, 5) is 29.2. The van der Waals surface area contributed by atoms with E-state index in [4.69, 9.17) is 4.74 Å². The Morgan fingerprint density at radius 1 is 0.906 bits per heavy atom. The van der Waals surface area contributed by atoms with Crippen LogP contribution < -0.4 is 0 Å². The molecule has 0 aliphatic carbocycles. The molecule has 0 aromatic heterocycles. The number of hydrogen-bond acceptors (Lipinski definition) is 4. The molecule has 0 spiro atoms. The lowest BCUT2D eigenvalue weighted by atomic mass is 9.95. The van der Waals surface area contributed by atoms with E-state index >= 15 is 0 Å². The average Bonchev–Trinajstić information content (AvgIpc) is 2.97. The van der Waals surface area contributed by atoms with Gasteiger partial charge in [0.05, 0.1) is 6.04 Å². The first kappa shape index (κ1) is 22.1. The molecule has 1 fully saturated rings. The Hall–Kier alpha value is -3.06. The normalized spacial score (nSPS) is 18.9. The minimum absolute atomic E-state index is 0.122. The van der Waals surface area contributed by atoms with Crippen molar-refractivity contribution in [2.75, 3.05) is 26.2 Å². The molecule has 0 radical (unpaired) electrons. The molecule has 0 N–H and O–H groups in total. The highest BCUT2D eigenvalue weighted by Gasteiger charge is 2.43. The van der Waals surface area contributed by atoms with Crippen molar-refractivity contribution in [3.8, 4) is 0 Å². The van der Waals surface area contributed by atoms with Gasteiger partial charge < -0.3 is 9.64 Å². The highest BCUT2D eigenvalue weighted by Crippen LogP contribution is 2.34. The fourth-order valence-corrected chi connectivity index (χ4v) is 4.31. The molecule has 5 nitrogen and oxygen atoms in total. The Balaban J connectivity index is 1.54. The van der Waals surface area contributed by atoms with Gasteiger partial charge in [-0.05, 0) is 61.7 Å². The van der Waals surface area contributed by atoms with E-state index in [0.29, 0.717) is 31.8 Å². The second-order valence-corrected chi connectivity index (χ2v) is 8.73. The lowest BCUT2D eigenvalue weighted by Crippen LogP contribution is -2.50. The number of benzene rings is 2. The van der Waals surface area contributed by atoms with Gasteiger partial charge in [0.15, 0.2) is 0 Å². The first-order chi connectivity index (χ1) is 15.2. The molecular formula is C25H26F2N2O3. The van der Waals surface area contributed by atoms with Crippen molar-refractivity contribution in [3.63, 3.8) is 0 Å². The van der Waals surface area contributed by atoms with Crippen LogP contribution in [0.1, 0.15) is 37.9 Å². The second-order valence-electron chi connectivity index (χ2n) is 8.73. The third-order valence-corrected chi connectivity index (χ3v) is 6.38. The molecule has 0 unspecified atom stereocenters. The number of hydrogen-bond donors (Lipinski definition) is 0. The van der Waals surface area contributed by atoms with Gasteiger partial charge in [-0.15, -0.1) is 0 Å². The smallest absolute Gasteiger partial charge is 0.344 e. The number of ether oxygens (including phenoxy) is 1. The SMILES string of the molecule is CC1=C(C(=O)N2CCN(C(c3ccc(F)cc3)c3ccc(F)cc3)CC2)C(=O)OC1(C)C. The molecule has 4 rings (SSSR count). The molecule has 2 aromatic rings. The van der Waals surface area contributed by atoms with Crippen LogP contribution in [0.2, 0.25) is 0 Å². The zero-order valence-electron chi connectivity index (χ0n) is 18.4. The van der Waals surface area contributed by atoms with Gasteiger partial charge in [0.2, 0.25) is 0 Å². The maximum absolute atomic E-state index is 13.5. The van der Waals surface area contributed by atoms with Crippen LogP contribution >= 0.6 is 0 Å². The Kier molecular flexibility index (Phi) is 5.86. The van der Waals surface area contributed by atoms with Crippen LogP contribution in [-0.2, 0) is 14.3 Å². The van der Waals surface area contributed by atoms with Gasteiger partial charge >= 0.3 is 5.97 Å². The largest absolute Gasteiger partial charge is 0.451 e. The molecule has 2 aliphatic rings. The lowest BCUT2D eigenvalue weighted by molar-refractivity contribution is -0.146. The summed E-state index contributed by atoms with van der Waals surface area (Å²) >= 11 is 0. The molecule has 0 saturated carbocycles. The predicted molar refractivity (Wildman–Crippen MR) is 116 cm³/mol. The fourth-order valence-electron chi connectivity index (χ4n) is 4.31. The summed E-state index contributed by atoms with van der Waals surface area (Å²) in [5.41, 5.74) is 1.76. The maximum Gasteiger partial charge on any atom is 0.344 e. The minimum Gasteiger partial charge on any atom is -0.451 e. The van der Waals surface area contributed by atoms with E-state index in [2.05, 4.69) is 4.90 Å². The molecule has 2 aliphatic heterocycles. The number of piperazine rings is 1. The molecular weight excluding hydrogens is 414 g/mol. The van der Waals surface area contributed by atoms with Crippen molar-refractivity contribution < 1.29 is 23.1 Å². The summed E-state index contributed by atoms with van der Waals surface area (Å²) in [7, 11) is 0. The molecule has 0 atom stereocenters. The molecule has 0 bridgehead atoms. The number of halogens is 2. The first-order valence-electron chi connectivity index (χ1n) is 10.7. The number of nitrogens with zero attached hydrogens (tertiary/aromatic N) is 2. The summed E-state index contributed by atoms with van der Waals surface area (Å²) in [6.07, 6.45) is 0. The molecule has 7 heteroatoms. The van der Waals surface area contributed by atoms with E-state index < -0.39 is 11.6 Å². The maximum atomic E-state index is 13.5. The fraction of sp³-hybridized carbons (Fsp3) is 0.360. The lowest BCUT2D eigenvalue weighted by Gasteiger charge is -2.39. The van der Waals surface area contributed by atoms with Crippen LogP contribution in [0.4, 0.5) is 8.78 Å². The van der Waals surface area contributed by atoms with Crippen LogP contribution in [0.15, 0.2) is 59.7 Å². The number of rotatable bonds is 4. The van der Waals surface area contributed by atoms with Crippen molar-refractivity contribution in [1.82, 2.24) is 9.80 Å². The topological polar surface area (TPSA) is 49.9 Å². The third-order valence-electron chi connectivity index (χ3n) is 6.38. The molecule has 32 heavy (non-hydrogen) atoms. The van der Waals surface area contributed by atoms with Crippen molar-refractivity contribution in [2.24, 2.45) is 0 Å². The van der Waals surface area contributed by atoms with Crippen molar-refractivity contribution in [1.29, 1.82) is 0 Å². The van der Waals surface area contributed by atoms with Gasteiger partial charge in [-0.25, -0.2) is 13.6 Å². The number of esters is 1. The van der Waals surface area contributed by atoms with E-state index in [1.54, 1.807) is 49.9 Å². The first-order valence-corrected chi connectivity index (χ1v) is 10.7. The quantitative estimate of drug-likeness (QED) is 0.535. The molecule has 168 valence electrons. The highest BCUT2D eigenvalue weighted by molar-refractivity contribution is 6.18. The zero-order valence-corrected chi connectivity index (χ0v) is 18.4. The number of cyclic esters (lactones) is 1. The van der Waals surface area contributed by atoms with E-state index in [0.717, 1.165) is 11.1 Å². The van der Waals surface area contributed by atoms with Gasteiger partial charge in [0.1, 0.15) is 22.8 Å². The Bertz CT molecular complexity index is 1010. The van der Waals surface area contributed by atoms with Crippen LogP contribution in [0.3, 0.4) is 0 Å². The summed E-state index contributed by atoms with van der Waals surface area (Å²) in [6, 6.07) is 12.4. The van der Waals surface area contributed by atoms with Crippen molar-refractivity contribution in [3.05, 3.63) is 82.4 Å². The number of amides is 1. The molecule has 2 aromatic carbocycles. The highest BCUT2D eigenvalue weighted by atomic mass is 19.1. The summed E-state index contributed by atoms with van der Waals surface area (Å²) in [5.74, 6) is -1.53. The van der Waals surface area contributed by atoms with Gasteiger partial charge in [-0.3, -0.25) is 9.69 Å². The van der Waals surface area contributed by atoms with Gasteiger partial charge in [0.25, 0.3) is 5.91 Å². The summed E-state index contributed by atoms with van der Waals surface area (Å²) in [5, 5.41) is 0. The number of carbonyl (C=O) groups excluding carboxylic acids is 2. The molecule has 1 amide bonds. The minimum atomic E-state index is -0.778. The average molecular weight is 440 g/mol. The summed E-state index contributed by atoms with van der Waals surface area (Å²) in [6.45, 7) is 7.27. The van der Waals surface area contributed by atoms with Gasteiger partial charge in [0, 0.05) is 26.2 Å². The van der Waals surface area contributed by atoms with Crippen molar-refractivity contribution >= 4 is 11.9 Å². The zero-order chi connectivity index (χ0) is 23.0. The van der Waals surface area contributed by atoms with E-state index in [9.17, 15) is 18.4 Å². The third kappa shape index (κ3) is 4.17. The van der Waals surface area contributed by atoms with Crippen LogP contribution in [0, 0.1) is 11.6 Å². The van der Waals surface area contributed by atoms with Crippen LogP contribution in [0.5, 0.6) is 0 Å². The van der Waals surface area contributed by atoms with Crippen molar-refractivity contribution in [2.45, 2.75) is 32.4 Å². The van der Waals surface area contributed by atoms with Gasteiger partial charge in [-0.2, -0.15) is 0 Å². The summed E-state index contributed by atoms with van der Waals surface area (Å²) < 4.78 is 32.4. The van der Waals surface area contributed by atoms with E-state index in [1.165, 1.54) is 24.3 Å². The van der Waals surface area contributed by atoms with Crippen LogP contribution in [-0.4, -0.2) is 53.5 Å². The monoisotopic (exact) mass is 440 g/mol. The molecule has 1 saturated heterocycles. The Morgan fingerprint density at radius 2 is 1.38 bits per heavy atom. The van der Waals surface area contributed by atoms with Gasteiger partial charge in [-0.1, -0.05) is 24.3 Å². The van der Waals surface area contributed by atoms with E-state index in [1.807, 2.05) is 0 Å². The predicted octanol–water partition coefficient (Wildman–Crippen LogP) is 3.85. The Labute approximate surface area is 186 Å². The second kappa shape index (κ2) is 8.47. The standard InChI is InChI=1S/C25H26F2N2O3/c1-16-21(24(31)32-25(16,2)3)23(30)29-14-12-28(13-15-29)22(17-4-8-19(26)9-5-17)18-6-10-20(27)11-7-18/h4-11,22H,12-15H2,1-3H3. The Morgan fingerprint density at radius 3 is 1.78 bits per heavy atom. The van der Waals surface area contributed by atoms with E-state index in [-0.39, 0.29) is 29.2 Å². The molecule has 2 heterocycles. The van der Waals surface area contributed by atoms with Crippen LogP contribution in [0.25, 0.3) is 0 Å².